The van der Waals surface area contributed by atoms with Gasteiger partial charge in [0.15, 0.2) is 6.29 Å². The van der Waals surface area contributed by atoms with E-state index >= 15 is 0 Å². The van der Waals surface area contributed by atoms with E-state index in [1.165, 1.54) is 244 Å². The number of carbonyl (C=O) groups is 1. The molecule has 12 nitrogen and oxygen atoms in total. The van der Waals surface area contributed by atoms with Crippen LogP contribution in [0.3, 0.4) is 0 Å². The lowest BCUT2D eigenvalue weighted by atomic mass is 9.99. The second-order valence-corrected chi connectivity index (χ2v) is 23.4. The standard InChI is InChI=1S/C60H119NO11S/c1-3-5-7-9-11-13-15-17-19-21-23-25-26-27-28-30-31-33-35-37-39-41-43-45-47-49-54(63)53(52-70-60-58(66)59(72-73(67,68)69)57(65)55(51-62)71-60)61-56(64)50-48-46-44-42-40-38-36-34-32-29-24-22-20-18-16-14-12-10-8-6-4-2/h53-55,57-60,62-63,65-66H,3-52H2,1-2H3,(H,61,64)(H,67,68,69). The molecule has 73 heavy (non-hydrogen) atoms. The number of aliphatic hydroxyl groups is 4. The smallest absolute Gasteiger partial charge is 0.394 e. The second kappa shape index (κ2) is 50.6. The number of nitrogens with one attached hydrogen (secondary N) is 1. The topological polar surface area (TPSA) is 192 Å². The van der Waals surface area contributed by atoms with Crippen LogP contribution in [0.1, 0.15) is 322 Å². The van der Waals surface area contributed by atoms with Crippen molar-refractivity contribution in [3.63, 3.8) is 0 Å². The second-order valence-electron chi connectivity index (χ2n) is 22.4. The lowest BCUT2D eigenvalue weighted by Gasteiger charge is -2.41. The molecular weight excluding hydrogens is 943 g/mol. The van der Waals surface area contributed by atoms with Gasteiger partial charge in [-0.3, -0.25) is 9.35 Å². The summed E-state index contributed by atoms with van der Waals surface area (Å²) in [5, 5.41) is 45.2. The molecule has 1 heterocycles. The number of aliphatic hydroxyl groups excluding tert-OH is 4. The number of carbonyl (C=O) groups excluding carboxylic acids is 1. The van der Waals surface area contributed by atoms with E-state index in [-0.39, 0.29) is 12.5 Å². The fourth-order valence-electron chi connectivity index (χ4n) is 10.6. The van der Waals surface area contributed by atoms with Gasteiger partial charge in [0.05, 0.1) is 25.4 Å². The van der Waals surface area contributed by atoms with Crippen molar-refractivity contribution in [3.05, 3.63) is 0 Å². The van der Waals surface area contributed by atoms with Crippen LogP contribution in [-0.4, -0.2) is 95.4 Å². The van der Waals surface area contributed by atoms with Crippen molar-refractivity contribution < 1.29 is 51.8 Å². The van der Waals surface area contributed by atoms with Gasteiger partial charge in [-0.1, -0.05) is 303 Å². The average molecular weight is 1060 g/mol. The summed E-state index contributed by atoms with van der Waals surface area (Å²) in [6, 6.07) is -0.854. The molecule has 1 fully saturated rings. The molecule has 13 heteroatoms. The van der Waals surface area contributed by atoms with E-state index in [0.717, 1.165) is 51.4 Å². The zero-order chi connectivity index (χ0) is 53.3. The molecule has 0 aromatic rings. The Morgan fingerprint density at radius 2 is 0.795 bits per heavy atom. The van der Waals surface area contributed by atoms with Crippen LogP contribution in [0.4, 0.5) is 0 Å². The maximum Gasteiger partial charge on any atom is 0.397 e. The molecule has 1 aliphatic heterocycles. The normalized spacial score (nSPS) is 19.1. The van der Waals surface area contributed by atoms with E-state index in [1.807, 2.05) is 0 Å². The molecule has 0 bridgehead atoms. The van der Waals surface area contributed by atoms with E-state index in [9.17, 15) is 38.2 Å². The average Bonchev–Trinajstić information content (AvgIpc) is 3.37. The maximum absolute atomic E-state index is 13.2. The highest BCUT2D eigenvalue weighted by Gasteiger charge is 2.48. The van der Waals surface area contributed by atoms with Crippen molar-refractivity contribution in [2.45, 2.75) is 365 Å². The Morgan fingerprint density at radius 1 is 0.493 bits per heavy atom. The fraction of sp³-hybridized carbons (Fsp3) is 0.983. The van der Waals surface area contributed by atoms with Crippen LogP contribution in [0, 0.1) is 0 Å². The van der Waals surface area contributed by atoms with Gasteiger partial charge >= 0.3 is 10.4 Å². The van der Waals surface area contributed by atoms with Crippen LogP contribution in [0.15, 0.2) is 0 Å². The fourth-order valence-corrected chi connectivity index (χ4v) is 11.1. The van der Waals surface area contributed by atoms with Gasteiger partial charge in [0, 0.05) is 6.42 Å². The van der Waals surface area contributed by atoms with Crippen molar-refractivity contribution in [1.82, 2.24) is 5.32 Å². The first-order valence-electron chi connectivity index (χ1n) is 31.4. The minimum atomic E-state index is -5.08. The Hall–Kier alpha value is -0.900. The van der Waals surface area contributed by atoms with E-state index in [1.54, 1.807) is 0 Å². The van der Waals surface area contributed by atoms with E-state index in [2.05, 4.69) is 23.3 Å². The zero-order valence-corrected chi connectivity index (χ0v) is 48.3. The van der Waals surface area contributed by atoms with Crippen LogP contribution in [0.5, 0.6) is 0 Å². The van der Waals surface area contributed by atoms with Crippen LogP contribution in [0.25, 0.3) is 0 Å². The van der Waals surface area contributed by atoms with Gasteiger partial charge in [0.25, 0.3) is 0 Å². The molecule has 7 atom stereocenters. The maximum atomic E-state index is 13.2. The van der Waals surface area contributed by atoms with Crippen molar-refractivity contribution in [2.75, 3.05) is 13.2 Å². The molecule has 1 saturated heterocycles. The number of ether oxygens (including phenoxy) is 2. The Morgan fingerprint density at radius 3 is 1.10 bits per heavy atom. The molecule has 0 aromatic heterocycles. The van der Waals surface area contributed by atoms with Gasteiger partial charge in [-0.2, -0.15) is 8.42 Å². The Kier molecular flexibility index (Phi) is 48.6. The summed E-state index contributed by atoms with van der Waals surface area (Å²) in [6.45, 7) is 3.52. The lowest BCUT2D eigenvalue weighted by molar-refractivity contribution is -0.298. The van der Waals surface area contributed by atoms with Crippen molar-refractivity contribution in [3.8, 4) is 0 Å². The molecular formula is C60H119NO11S. The van der Waals surface area contributed by atoms with Crippen LogP contribution >= 0.6 is 0 Å². The number of hydrogen-bond donors (Lipinski definition) is 6. The number of unbranched alkanes of at least 4 members (excludes halogenated alkanes) is 44. The molecule has 0 aliphatic carbocycles. The predicted molar refractivity (Wildman–Crippen MR) is 301 cm³/mol. The zero-order valence-electron chi connectivity index (χ0n) is 47.5. The van der Waals surface area contributed by atoms with Gasteiger partial charge in [-0.15, -0.1) is 0 Å². The summed E-state index contributed by atoms with van der Waals surface area (Å²) in [5.41, 5.74) is 0. The van der Waals surface area contributed by atoms with Crippen LogP contribution in [0.2, 0.25) is 0 Å². The molecule has 7 unspecified atom stereocenters. The molecule has 0 spiro atoms. The summed E-state index contributed by atoms with van der Waals surface area (Å²) in [5.74, 6) is -0.221. The Bertz CT molecular complexity index is 1290. The first kappa shape index (κ1) is 70.1. The van der Waals surface area contributed by atoms with Gasteiger partial charge < -0.3 is 35.2 Å². The summed E-state index contributed by atoms with van der Waals surface area (Å²) in [4.78, 5) is 13.2. The van der Waals surface area contributed by atoms with E-state index < -0.39 is 59.9 Å². The summed E-state index contributed by atoms with van der Waals surface area (Å²) >= 11 is 0. The first-order valence-corrected chi connectivity index (χ1v) is 32.8. The quantitative estimate of drug-likeness (QED) is 0.0251. The Labute approximate surface area is 449 Å². The minimum absolute atomic E-state index is 0.221. The third-order valence-electron chi connectivity index (χ3n) is 15.4. The minimum Gasteiger partial charge on any atom is -0.394 e. The van der Waals surface area contributed by atoms with Crippen molar-refractivity contribution in [2.24, 2.45) is 0 Å². The third-order valence-corrected chi connectivity index (χ3v) is 15.9. The van der Waals surface area contributed by atoms with E-state index in [4.69, 9.17) is 9.47 Å². The number of rotatable bonds is 56. The lowest BCUT2D eigenvalue weighted by Crippen LogP contribution is -2.61. The Balaban J connectivity index is 2.29. The van der Waals surface area contributed by atoms with Gasteiger partial charge in [0.1, 0.15) is 24.4 Å². The predicted octanol–water partition coefficient (Wildman–Crippen LogP) is 15.2. The largest absolute Gasteiger partial charge is 0.397 e. The summed E-state index contributed by atoms with van der Waals surface area (Å²) in [6.07, 6.45) is 51.1. The highest BCUT2D eigenvalue weighted by atomic mass is 32.3. The monoisotopic (exact) mass is 1060 g/mol. The molecule has 436 valence electrons. The molecule has 1 rings (SSSR count). The van der Waals surface area contributed by atoms with Gasteiger partial charge in [-0.25, -0.2) is 4.18 Å². The highest BCUT2D eigenvalue weighted by molar-refractivity contribution is 7.80. The highest BCUT2D eigenvalue weighted by Crippen LogP contribution is 2.26. The first-order chi connectivity index (χ1) is 35.5. The van der Waals surface area contributed by atoms with E-state index in [0.29, 0.717) is 12.8 Å². The summed E-state index contributed by atoms with van der Waals surface area (Å²) in [7, 11) is -5.08. The van der Waals surface area contributed by atoms with Gasteiger partial charge in [0.2, 0.25) is 5.91 Å². The molecule has 6 N–H and O–H groups in total. The molecule has 0 radical (unpaired) electrons. The molecule has 0 aromatic carbocycles. The van der Waals surface area contributed by atoms with Crippen molar-refractivity contribution in [1.29, 1.82) is 0 Å². The summed E-state index contributed by atoms with van der Waals surface area (Å²) < 4.78 is 48.0. The third kappa shape index (κ3) is 42.8. The molecule has 1 aliphatic rings. The molecule has 1 amide bonds. The van der Waals surface area contributed by atoms with Crippen LogP contribution in [-0.2, 0) is 28.9 Å². The number of amides is 1. The number of hydrogen-bond acceptors (Lipinski definition) is 10. The van der Waals surface area contributed by atoms with Gasteiger partial charge in [-0.05, 0) is 12.8 Å². The SMILES string of the molecule is CCCCCCCCCCCCCCCCCCCCCCCCCCCC(O)C(COC1OC(CO)C(O)C(OS(=O)(=O)O)C1O)NC(=O)CCCCCCCCCCCCCCCCCCCCCCC. The van der Waals surface area contributed by atoms with Crippen molar-refractivity contribution >= 4 is 16.3 Å². The molecule has 0 saturated carbocycles. The van der Waals surface area contributed by atoms with Crippen LogP contribution < -0.4 is 5.32 Å².